The number of piperazine rings is 1. The number of fused-ring (bicyclic) bond motifs is 1. The van der Waals surface area contributed by atoms with Crippen molar-refractivity contribution in [3.63, 3.8) is 0 Å². The standard InChI is InChI=1S/C18H26FN5O.ClH/c19-14-3-1-2-13(10-14)12-23-6-8-24(9-7-23)18(25)17-15-11-20-5-4-16(15)21-22-17;/h1-3,10,15-17,20-22H,4-9,11-12H2;1H. The number of hydrazine groups is 1. The summed E-state index contributed by atoms with van der Waals surface area (Å²) < 4.78 is 13.3. The number of amides is 1. The summed E-state index contributed by atoms with van der Waals surface area (Å²) >= 11 is 0. The summed E-state index contributed by atoms with van der Waals surface area (Å²) in [4.78, 5) is 17.1. The molecule has 6 nitrogen and oxygen atoms in total. The van der Waals surface area contributed by atoms with Crippen LogP contribution in [0.25, 0.3) is 0 Å². The van der Waals surface area contributed by atoms with Gasteiger partial charge in [-0.15, -0.1) is 12.4 Å². The number of halogens is 2. The molecule has 8 heteroatoms. The molecule has 0 saturated carbocycles. The van der Waals surface area contributed by atoms with Gasteiger partial charge in [-0.3, -0.25) is 15.1 Å². The molecule has 1 amide bonds. The van der Waals surface area contributed by atoms with E-state index in [1.54, 1.807) is 12.1 Å². The maximum absolute atomic E-state index is 13.3. The summed E-state index contributed by atoms with van der Waals surface area (Å²) in [5, 5.41) is 3.39. The van der Waals surface area contributed by atoms with E-state index in [2.05, 4.69) is 21.1 Å². The van der Waals surface area contributed by atoms with Crippen LogP contribution in [0, 0.1) is 11.7 Å². The fourth-order valence-corrected chi connectivity index (χ4v) is 4.18. The van der Waals surface area contributed by atoms with Crippen LogP contribution in [0.2, 0.25) is 0 Å². The molecule has 3 unspecified atom stereocenters. The van der Waals surface area contributed by atoms with Crippen molar-refractivity contribution < 1.29 is 9.18 Å². The van der Waals surface area contributed by atoms with Crippen molar-refractivity contribution >= 4 is 18.3 Å². The molecule has 3 fully saturated rings. The van der Waals surface area contributed by atoms with Crippen molar-refractivity contribution in [3.05, 3.63) is 35.6 Å². The first-order valence-electron chi connectivity index (χ1n) is 9.18. The number of nitrogens with zero attached hydrogens (tertiary/aromatic N) is 2. The molecule has 1 aromatic carbocycles. The molecule has 0 aromatic heterocycles. The second-order valence-corrected chi connectivity index (χ2v) is 7.26. The minimum atomic E-state index is -0.193. The maximum atomic E-state index is 13.3. The Morgan fingerprint density at radius 1 is 1.19 bits per heavy atom. The molecule has 3 atom stereocenters. The lowest BCUT2D eigenvalue weighted by Gasteiger charge is -2.37. The van der Waals surface area contributed by atoms with Gasteiger partial charge in [-0.25, -0.2) is 9.82 Å². The topological polar surface area (TPSA) is 59.6 Å². The fraction of sp³-hybridized carbons (Fsp3) is 0.611. The van der Waals surface area contributed by atoms with Crippen molar-refractivity contribution in [2.24, 2.45) is 5.92 Å². The van der Waals surface area contributed by atoms with Crippen LogP contribution in [0.5, 0.6) is 0 Å². The third-order valence-electron chi connectivity index (χ3n) is 5.63. The molecule has 3 aliphatic heterocycles. The smallest absolute Gasteiger partial charge is 0.241 e. The molecule has 0 bridgehead atoms. The predicted octanol–water partition coefficient (Wildman–Crippen LogP) is 0.346. The number of carbonyl (C=O) groups excluding carboxylic acids is 1. The average Bonchev–Trinajstić information content (AvgIpc) is 3.06. The van der Waals surface area contributed by atoms with Crippen LogP contribution in [0.3, 0.4) is 0 Å². The summed E-state index contributed by atoms with van der Waals surface area (Å²) in [6.45, 7) is 5.76. The van der Waals surface area contributed by atoms with Crippen LogP contribution in [-0.4, -0.2) is 67.1 Å². The molecule has 4 rings (SSSR count). The van der Waals surface area contributed by atoms with Crippen molar-refractivity contribution in [1.82, 2.24) is 26.0 Å². The Morgan fingerprint density at radius 3 is 2.77 bits per heavy atom. The zero-order valence-corrected chi connectivity index (χ0v) is 15.6. The zero-order valence-electron chi connectivity index (χ0n) is 14.8. The summed E-state index contributed by atoms with van der Waals surface area (Å²) in [5.41, 5.74) is 7.49. The van der Waals surface area contributed by atoms with E-state index < -0.39 is 0 Å². The number of benzene rings is 1. The summed E-state index contributed by atoms with van der Waals surface area (Å²) in [6, 6.07) is 7.01. The van der Waals surface area contributed by atoms with Crippen LogP contribution in [-0.2, 0) is 11.3 Å². The Morgan fingerprint density at radius 2 is 2.00 bits per heavy atom. The van der Waals surface area contributed by atoms with E-state index in [1.807, 2.05) is 11.0 Å². The lowest BCUT2D eigenvalue weighted by Crippen LogP contribution is -2.55. The predicted molar refractivity (Wildman–Crippen MR) is 100 cm³/mol. The van der Waals surface area contributed by atoms with Crippen molar-refractivity contribution in [2.75, 3.05) is 39.3 Å². The normalized spacial score (nSPS) is 29.1. The van der Waals surface area contributed by atoms with Gasteiger partial charge in [0, 0.05) is 51.2 Å². The summed E-state index contributed by atoms with van der Waals surface area (Å²) in [6.07, 6.45) is 1.06. The molecule has 144 valence electrons. The number of piperidine rings is 1. The van der Waals surface area contributed by atoms with Crippen molar-refractivity contribution in [2.45, 2.75) is 25.0 Å². The monoisotopic (exact) mass is 383 g/mol. The first-order valence-corrected chi connectivity index (χ1v) is 9.18. The summed E-state index contributed by atoms with van der Waals surface area (Å²) in [5.74, 6) is 0.336. The molecule has 0 radical (unpaired) electrons. The van der Waals surface area contributed by atoms with Gasteiger partial charge in [0.15, 0.2) is 0 Å². The number of rotatable bonds is 3. The van der Waals surface area contributed by atoms with Crippen LogP contribution in [0.1, 0.15) is 12.0 Å². The maximum Gasteiger partial charge on any atom is 0.241 e. The molecule has 1 aromatic rings. The zero-order chi connectivity index (χ0) is 17.2. The van der Waals surface area contributed by atoms with Gasteiger partial charge >= 0.3 is 0 Å². The van der Waals surface area contributed by atoms with Gasteiger partial charge in [-0.05, 0) is 30.7 Å². The molecule has 0 spiro atoms. The highest BCUT2D eigenvalue weighted by atomic mass is 35.5. The van der Waals surface area contributed by atoms with Crippen LogP contribution >= 0.6 is 12.4 Å². The second-order valence-electron chi connectivity index (χ2n) is 7.26. The van der Waals surface area contributed by atoms with E-state index >= 15 is 0 Å². The molecule has 3 N–H and O–H groups in total. The van der Waals surface area contributed by atoms with Gasteiger partial charge in [0.2, 0.25) is 5.91 Å². The van der Waals surface area contributed by atoms with E-state index in [9.17, 15) is 9.18 Å². The fourth-order valence-electron chi connectivity index (χ4n) is 4.18. The quantitative estimate of drug-likeness (QED) is 0.703. The SMILES string of the molecule is Cl.O=C(C1NNC2CCNCC21)N1CCN(Cc2cccc(F)c2)CC1. The third-order valence-corrected chi connectivity index (χ3v) is 5.63. The largest absolute Gasteiger partial charge is 0.339 e. The highest BCUT2D eigenvalue weighted by molar-refractivity contribution is 5.85. The van der Waals surface area contributed by atoms with Gasteiger partial charge < -0.3 is 10.2 Å². The molecule has 0 aliphatic carbocycles. The van der Waals surface area contributed by atoms with Gasteiger partial charge in [0.25, 0.3) is 0 Å². The molecule has 3 saturated heterocycles. The highest BCUT2D eigenvalue weighted by Crippen LogP contribution is 2.22. The number of carbonyl (C=O) groups is 1. The Kier molecular flexibility index (Phi) is 6.47. The third kappa shape index (κ3) is 4.18. The molecule has 26 heavy (non-hydrogen) atoms. The minimum absolute atomic E-state index is 0. The van der Waals surface area contributed by atoms with Gasteiger partial charge in [-0.2, -0.15) is 0 Å². The van der Waals surface area contributed by atoms with Crippen LogP contribution < -0.4 is 16.2 Å². The van der Waals surface area contributed by atoms with E-state index in [-0.39, 0.29) is 30.2 Å². The van der Waals surface area contributed by atoms with Gasteiger partial charge in [0.1, 0.15) is 11.9 Å². The molecule has 3 aliphatic rings. The first-order chi connectivity index (χ1) is 12.2. The number of hydrogen-bond acceptors (Lipinski definition) is 5. The lowest BCUT2D eigenvalue weighted by atomic mass is 9.89. The van der Waals surface area contributed by atoms with Crippen molar-refractivity contribution in [3.8, 4) is 0 Å². The number of nitrogens with one attached hydrogen (secondary N) is 3. The summed E-state index contributed by atoms with van der Waals surface area (Å²) in [7, 11) is 0. The molecular formula is C18H27ClFN5O. The van der Waals surface area contributed by atoms with E-state index in [0.29, 0.717) is 12.0 Å². The van der Waals surface area contributed by atoms with Crippen molar-refractivity contribution in [1.29, 1.82) is 0 Å². The molecule has 3 heterocycles. The van der Waals surface area contributed by atoms with E-state index in [4.69, 9.17) is 0 Å². The lowest BCUT2D eigenvalue weighted by molar-refractivity contribution is -0.136. The Labute approximate surface area is 159 Å². The average molecular weight is 384 g/mol. The Balaban J connectivity index is 0.00000196. The minimum Gasteiger partial charge on any atom is -0.339 e. The number of hydrogen-bond donors (Lipinski definition) is 3. The highest BCUT2D eigenvalue weighted by Gasteiger charge is 2.42. The Hall–Kier alpha value is -1.25. The van der Waals surface area contributed by atoms with Gasteiger partial charge in [0.05, 0.1) is 0 Å². The van der Waals surface area contributed by atoms with E-state index in [1.165, 1.54) is 6.07 Å². The van der Waals surface area contributed by atoms with E-state index in [0.717, 1.165) is 57.8 Å². The van der Waals surface area contributed by atoms with Crippen LogP contribution in [0.15, 0.2) is 24.3 Å². The first kappa shape index (κ1) is 19.5. The second kappa shape index (κ2) is 8.63. The van der Waals surface area contributed by atoms with Crippen LogP contribution in [0.4, 0.5) is 4.39 Å². The Bertz CT molecular complexity index is 625. The van der Waals surface area contributed by atoms with Gasteiger partial charge in [-0.1, -0.05) is 12.1 Å². The molecular weight excluding hydrogens is 357 g/mol.